The van der Waals surface area contributed by atoms with Crippen molar-refractivity contribution in [2.75, 3.05) is 0 Å². The number of hydrogen-bond acceptors (Lipinski definition) is 4. The Bertz CT molecular complexity index is 516. The quantitative estimate of drug-likeness (QED) is 0.748. The maximum atomic E-state index is 10.6. The molecular weight excluding hydrogens is 216 g/mol. The van der Waals surface area contributed by atoms with Crippen molar-refractivity contribution in [1.29, 1.82) is 0 Å². The van der Waals surface area contributed by atoms with Gasteiger partial charge in [-0.05, 0) is 12.1 Å². The molecule has 0 aliphatic rings. The number of nitrogens with zero attached hydrogens (tertiary/aromatic N) is 4. The smallest absolute Gasteiger partial charge is 0.155 e. The zero-order valence-corrected chi connectivity index (χ0v) is 9.92. The number of pyridine rings is 1. The van der Waals surface area contributed by atoms with Crippen LogP contribution in [0.2, 0.25) is 0 Å². The van der Waals surface area contributed by atoms with Crippen molar-refractivity contribution >= 4 is 6.29 Å². The molecule has 0 bridgehead atoms. The normalized spacial score (nSPS) is 10.5. The van der Waals surface area contributed by atoms with Crippen LogP contribution in [0.25, 0.3) is 5.82 Å². The lowest BCUT2D eigenvalue weighted by atomic mass is 10.3. The maximum absolute atomic E-state index is 10.6. The van der Waals surface area contributed by atoms with E-state index in [4.69, 9.17) is 0 Å². The van der Waals surface area contributed by atoms with Crippen LogP contribution in [0.5, 0.6) is 0 Å². The van der Waals surface area contributed by atoms with Crippen LogP contribution in [-0.4, -0.2) is 26.0 Å². The predicted molar refractivity (Wildman–Crippen MR) is 63.3 cm³/mol. The molecular formula is C12H14N4O. The van der Waals surface area contributed by atoms with Gasteiger partial charge in [-0.15, -0.1) is 5.10 Å². The number of aryl methyl sites for hydroxylation is 2. The number of aromatic nitrogens is 4. The Hall–Kier alpha value is -2.04. The second-order valence-corrected chi connectivity index (χ2v) is 3.63. The molecule has 0 spiro atoms. The van der Waals surface area contributed by atoms with Gasteiger partial charge in [-0.3, -0.25) is 4.79 Å². The topological polar surface area (TPSA) is 60.7 Å². The Labute approximate surface area is 99.5 Å². The SMILES string of the molecule is CCc1nc(CC)n(-c2ccc(C=O)cn2)n1. The van der Waals surface area contributed by atoms with Crippen LogP contribution in [0.4, 0.5) is 0 Å². The zero-order chi connectivity index (χ0) is 12.3. The van der Waals surface area contributed by atoms with Crippen molar-refractivity contribution in [2.24, 2.45) is 0 Å². The van der Waals surface area contributed by atoms with E-state index < -0.39 is 0 Å². The monoisotopic (exact) mass is 230 g/mol. The summed E-state index contributed by atoms with van der Waals surface area (Å²) < 4.78 is 1.73. The third-order valence-corrected chi connectivity index (χ3v) is 2.47. The fourth-order valence-corrected chi connectivity index (χ4v) is 1.55. The van der Waals surface area contributed by atoms with Crippen molar-refractivity contribution in [3.8, 4) is 5.82 Å². The standard InChI is InChI=1S/C12H14N4O/c1-3-10-14-11(4-2)16(15-10)12-6-5-9(8-17)7-13-12/h5-8H,3-4H2,1-2H3. The Balaban J connectivity index is 2.43. The van der Waals surface area contributed by atoms with Gasteiger partial charge in [0.05, 0.1) is 0 Å². The van der Waals surface area contributed by atoms with Crippen LogP contribution in [0.3, 0.4) is 0 Å². The fourth-order valence-electron chi connectivity index (χ4n) is 1.55. The molecule has 2 rings (SSSR count). The van der Waals surface area contributed by atoms with E-state index in [0.717, 1.165) is 30.8 Å². The maximum Gasteiger partial charge on any atom is 0.155 e. The summed E-state index contributed by atoms with van der Waals surface area (Å²) in [6, 6.07) is 3.50. The van der Waals surface area contributed by atoms with Crippen LogP contribution in [0, 0.1) is 0 Å². The average molecular weight is 230 g/mol. The van der Waals surface area contributed by atoms with Gasteiger partial charge in [-0.1, -0.05) is 13.8 Å². The number of hydrogen-bond donors (Lipinski definition) is 0. The second kappa shape index (κ2) is 4.86. The van der Waals surface area contributed by atoms with Gasteiger partial charge < -0.3 is 0 Å². The Morgan fingerprint density at radius 1 is 1.29 bits per heavy atom. The highest BCUT2D eigenvalue weighted by atomic mass is 16.1. The molecule has 0 N–H and O–H groups in total. The van der Waals surface area contributed by atoms with Crippen LogP contribution in [0.15, 0.2) is 18.3 Å². The second-order valence-electron chi connectivity index (χ2n) is 3.63. The first-order valence-corrected chi connectivity index (χ1v) is 5.64. The summed E-state index contributed by atoms with van der Waals surface area (Å²) in [4.78, 5) is 19.2. The summed E-state index contributed by atoms with van der Waals surface area (Å²) in [6.07, 6.45) is 3.90. The van der Waals surface area contributed by atoms with Crippen LogP contribution >= 0.6 is 0 Å². The summed E-state index contributed by atoms with van der Waals surface area (Å²) >= 11 is 0. The molecule has 0 atom stereocenters. The first-order valence-electron chi connectivity index (χ1n) is 5.64. The Kier molecular flexibility index (Phi) is 3.27. The van der Waals surface area contributed by atoms with E-state index in [-0.39, 0.29) is 0 Å². The molecule has 2 aromatic rings. The minimum absolute atomic E-state index is 0.558. The number of aldehydes is 1. The molecule has 0 aliphatic heterocycles. The first kappa shape index (κ1) is 11.4. The summed E-state index contributed by atoms with van der Waals surface area (Å²) in [7, 11) is 0. The van der Waals surface area contributed by atoms with Crippen LogP contribution in [0.1, 0.15) is 35.9 Å². The van der Waals surface area contributed by atoms with Gasteiger partial charge in [-0.25, -0.2) is 9.97 Å². The largest absolute Gasteiger partial charge is 0.298 e. The van der Waals surface area contributed by atoms with E-state index in [1.807, 2.05) is 13.8 Å². The van der Waals surface area contributed by atoms with Gasteiger partial charge >= 0.3 is 0 Å². The number of carbonyl (C=O) groups is 1. The van der Waals surface area contributed by atoms with Crippen LogP contribution in [-0.2, 0) is 12.8 Å². The molecule has 0 radical (unpaired) electrons. The molecule has 2 aromatic heterocycles. The number of carbonyl (C=O) groups excluding carboxylic acids is 1. The minimum atomic E-state index is 0.558. The van der Waals surface area contributed by atoms with Crippen molar-refractivity contribution < 1.29 is 4.79 Å². The van der Waals surface area contributed by atoms with Crippen molar-refractivity contribution in [1.82, 2.24) is 19.7 Å². The van der Waals surface area contributed by atoms with Gasteiger partial charge in [0.25, 0.3) is 0 Å². The third kappa shape index (κ3) is 2.22. The van der Waals surface area contributed by atoms with Gasteiger partial charge in [0.2, 0.25) is 0 Å². The zero-order valence-electron chi connectivity index (χ0n) is 9.92. The number of rotatable bonds is 4. The Morgan fingerprint density at radius 3 is 2.65 bits per heavy atom. The minimum Gasteiger partial charge on any atom is -0.298 e. The molecule has 0 aromatic carbocycles. The molecule has 5 heteroatoms. The molecule has 17 heavy (non-hydrogen) atoms. The van der Waals surface area contributed by atoms with Crippen molar-refractivity contribution in [2.45, 2.75) is 26.7 Å². The van der Waals surface area contributed by atoms with E-state index in [9.17, 15) is 4.79 Å². The van der Waals surface area contributed by atoms with Crippen molar-refractivity contribution in [3.63, 3.8) is 0 Å². The van der Waals surface area contributed by atoms with E-state index in [1.165, 1.54) is 6.20 Å². The van der Waals surface area contributed by atoms with Crippen LogP contribution < -0.4 is 0 Å². The molecule has 0 unspecified atom stereocenters. The lowest BCUT2D eigenvalue weighted by Gasteiger charge is -2.02. The molecule has 0 amide bonds. The van der Waals surface area contributed by atoms with E-state index >= 15 is 0 Å². The van der Waals surface area contributed by atoms with E-state index in [2.05, 4.69) is 15.1 Å². The summed E-state index contributed by atoms with van der Waals surface area (Å²) in [5.41, 5.74) is 0.558. The van der Waals surface area contributed by atoms with Gasteiger partial charge in [0.1, 0.15) is 5.82 Å². The van der Waals surface area contributed by atoms with Gasteiger partial charge in [-0.2, -0.15) is 4.68 Å². The fraction of sp³-hybridized carbons (Fsp3) is 0.333. The summed E-state index contributed by atoms with van der Waals surface area (Å²) in [6.45, 7) is 4.04. The first-order chi connectivity index (χ1) is 8.28. The van der Waals surface area contributed by atoms with E-state index in [0.29, 0.717) is 11.4 Å². The lowest BCUT2D eigenvalue weighted by Crippen LogP contribution is -2.04. The lowest BCUT2D eigenvalue weighted by molar-refractivity contribution is 0.112. The Morgan fingerprint density at radius 2 is 2.12 bits per heavy atom. The molecule has 0 saturated heterocycles. The highest BCUT2D eigenvalue weighted by Gasteiger charge is 2.09. The van der Waals surface area contributed by atoms with Gasteiger partial charge in [0.15, 0.2) is 17.9 Å². The highest BCUT2D eigenvalue weighted by molar-refractivity contribution is 5.74. The third-order valence-electron chi connectivity index (χ3n) is 2.47. The molecule has 0 fully saturated rings. The van der Waals surface area contributed by atoms with Crippen molar-refractivity contribution in [3.05, 3.63) is 35.5 Å². The summed E-state index contributed by atoms with van der Waals surface area (Å²) in [5, 5.41) is 4.38. The highest BCUT2D eigenvalue weighted by Crippen LogP contribution is 2.09. The predicted octanol–water partition coefficient (Wildman–Crippen LogP) is 1.60. The molecule has 0 aliphatic carbocycles. The molecule has 2 heterocycles. The molecule has 88 valence electrons. The molecule has 0 saturated carbocycles. The van der Waals surface area contributed by atoms with E-state index in [1.54, 1.807) is 16.8 Å². The molecule has 5 nitrogen and oxygen atoms in total. The average Bonchev–Trinajstić information content (AvgIpc) is 2.82. The summed E-state index contributed by atoms with van der Waals surface area (Å²) in [5.74, 6) is 2.39. The van der Waals surface area contributed by atoms with Gasteiger partial charge in [0, 0.05) is 24.6 Å².